The highest BCUT2D eigenvalue weighted by molar-refractivity contribution is 7.17. The lowest BCUT2D eigenvalue weighted by molar-refractivity contribution is 0.0374. The average Bonchev–Trinajstić information content (AvgIpc) is 3.62. The van der Waals surface area contributed by atoms with Crippen LogP contribution in [0.2, 0.25) is 0 Å². The first kappa shape index (κ1) is 28.4. The molecule has 1 unspecified atom stereocenters. The first-order valence-electron chi connectivity index (χ1n) is 13.7. The molecule has 2 aromatic heterocycles. The summed E-state index contributed by atoms with van der Waals surface area (Å²) in [6, 6.07) is 13.8. The predicted octanol–water partition coefficient (Wildman–Crippen LogP) is 3.80. The molecule has 1 saturated heterocycles. The second kappa shape index (κ2) is 11.8. The van der Waals surface area contributed by atoms with Crippen molar-refractivity contribution in [2.75, 3.05) is 39.4 Å². The van der Waals surface area contributed by atoms with E-state index in [9.17, 15) is 15.3 Å². The van der Waals surface area contributed by atoms with E-state index in [0.717, 1.165) is 66.5 Å². The van der Waals surface area contributed by atoms with E-state index in [2.05, 4.69) is 32.6 Å². The highest BCUT2D eigenvalue weighted by atomic mass is 32.1. The number of nitrogens with two attached hydrogens (primary N) is 1. The van der Waals surface area contributed by atoms with E-state index in [-0.39, 0.29) is 23.3 Å². The van der Waals surface area contributed by atoms with E-state index in [4.69, 9.17) is 15.2 Å². The molecule has 0 spiro atoms. The number of hydrogen-bond acceptors (Lipinski definition) is 9. The van der Waals surface area contributed by atoms with E-state index in [1.807, 2.05) is 32.9 Å². The Kier molecular flexibility index (Phi) is 8.13. The van der Waals surface area contributed by atoms with Crippen LogP contribution in [0.25, 0.3) is 10.4 Å². The summed E-state index contributed by atoms with van der Waals surface area (Å²) < 4.78 is 11.1. The fourth-order valence-electron chi connectivity index (χ4n) is 5.86. The molecule has 5 rings (SSSR count). The number of benzene rings is 1. The fraction of sp³-hybridized carbons (Fsp3) is 0.400. The van der Waals surface area contributed by atoms with Gasteiger partial charge in [0.05, 0.1) is 40.7 Å². The Morgan fingerprint density at radius 1 is 1.24 bits per heavy atom. The number of carbonyl (C=O) groups excluding carboxylic acids is 1. The number of thiophene rings is 1. The first-order valence-corrected chi connectivity index (χ1v) is 14.5. The molecule has 1 fully saturated rings. The molecule has 212 valence electrons. The standard InChI is InChI=1S/C30H33N7O3S/c1-18(2)30(23(17-32)27(33)40-29-26(30)19(3)35-36-29)22-14-20(16-31)13-21(15-22)24-5-6-25(41-24)28(38)34-7-4-8-37-9-11-39-12-10-37/h5-6,13-15,18H,4,7-12,33H2,1-3H3,(H,34,38)(H,35,36). The number of allylic oxidation sites excluding steroid dienone is 1. The molecule has 0 aliphatic carbocycles. The fourth-order valence-corrected chi connectivity index (χ4v) is 6.77. The lowest BCUT2D eigenvalue weighted by Gasteiger charge is -2.41. The van der Waals surface area contributed by atoms with E-state index in [0.29, 0.717) is 22.9 Å². The van der Waals surface area contributed by atoms with E-state index < -0.39 is 5.41 Å². The average molecular weight is 572 g/mol. The van der Waals surface area contributed by atoms with E-state index in [1.54, 1.807) is 18.2 Å². The molecule has 41 heavy (non-hydrogen) atoms. The number of ether oxygens (including phenoxy) is 2. The molecule has 2 aliphatic rings. The zero-order valence-corrected chi connectivity index (χ0v) is 24.2. The van der Waals surface area contributed by atoms with E-state index >= 15 is 0 Å². The van der Waals surface area contributed by atoms with Crippen LogP contribution in [-0.4, -0.2) is 60.4 Å². The van der Waals surface area contributed by atoms with Gasteiger partial charge < -0.3 is 20.5 Å². The highest BCUT2D eigenvalue weighted by Crippen LogP contribution is 2.53. The van der Waals surface area contributed by atoms with Crippen LogP contribution < -0.4 is 15.8 Å². The molecular formula is C30H33N7O3S. The number of nitrogens with one attached hydrogen (secondary N) is 2. The topological polar surface area (TPSA) is 153 Å². The van der Waals surface area contributed by atoms with Crippen LogP contribution in [0.15, 0.2) is 41.8 Å². The monoisotopic (exact) mass is 571 g/mol. The highest BCUT2D eigenvalue weighted by Gasteiger charge is 2.50. The van der Waals surface area contributed by atoms with Gasteiger partial charge in [0.25, 0.3) is 5.91 Å². The van der Waals surface area contributed by atoms with E-state index in [1.165, 1.54) is 11.3 Å². The van der Waals surface area contributed by atoms with Gasteiger partial charge in [-0.1, -0.05) is 13.8 Å². The summed E-state index contributed by atoms with van der Waals surface area (Å²) in [5, 5.41) is 30.6. The number of rotatable bonds is 8. The zero-order chi connectivity index (χ0) is 29.1. The minimum atomic E-state index is -0.997. The van der Waals surface area contributed by atoms with Crippen LogP contribution >= 0.6 is 11.3 Å². The SMILES string of the molecule is Cc1[nH]nc2c1C(c1cc(C#N)cc(-c3ccc(C(=O)NCCCN4CCOCC4)s3)c1)(C(C)C)C(C#N)=C(N)O2. The van der Waals surface area contributed by atoms with Gasteiger partial charge in [-0.2, -0.15) is 10.5 Å². The number of aromatic nitrogens is 2. The molecule has 2 aliphatic heterocycles. The van der Waals surface area contributed by atoms with Crippen molar-refractivity contribution in [1.82, 2.24) is 20.4 Å². The van der Waals surface area contributed by atoms with Crippen LogP contribution in [0.3, 0.4) is 0 Å². The van der Waals surface area contributed by atoms with Gasteiger partial charge in [0.1, 0.15) is 11.6 Å². The van der Waals surface area contributed by atoms with Crippen LogP contribution in [0.4, 0.5) is 0 Å². The Balaban J connectivity index is 1.46. The maximum absolute atomic E-state index is 12.9. The van der Waals surface area contributed by atoms with Crippen molar-refractivity contribution >= 4 is 17.2 Å². The van der Waals surface area contributed by atoms with Gasteiger partial charge in [-0.15, -0.1) is 16.4 Å². The van der Waals surface area contributed by atoms with Crippen LogP contribution in [0.1, 0.15) is 52.3 Å². The van der Waals surface area contributed by atoms with Crippen molar-refractivity contribution < 1.29 is 14.3 Å². The number of nitriles is 2. The molecule has 0 radical (unpaired) electrons. The zero-order valence-electron chi connectivity index (χ0n) is 23.4. The number of H-pyrrole nitrogens is 1. The quantitative estimate of drug-likeness (QED) is 0.345. The van der Waals surface area contributed by atoms with Gasteiger partial charge in [-0.3, -0.25) is 14.8 Å². The van der Waals surface area contributed by atoms with Crippen molar-refractivity contribution in [3.8, 4) is 28.5 Å². The molecule has 10 nitrogen and oxygen atoms in total. The smallest absolute Gasteiger partial charge is 0.261 e. The molecule has 4 N–H and O–H groups in total. The second-order valence-electron chi connectivity index (χ2n) is 10.6. The van der Waals surface area contributed by atoms with Crippen molar-refractivity contribution in [2.45, 2.75) is 32.6 Å². The lowest BCUT2D eigenvalue weighted by Crippen LogP contribution is -2.41. The van der Waals surface area contributed by atoms with Crippen molar-refractivity contribution in [1.29, 1.82) is 10.5 Å². The number of morpholine rings is 1. The number of aryl methyl sites for hydroxylation is 1. The Morgan fingerprint density at radius 3 is 2.73 bits per heavy atom. The number of hydrogen-bond donors (Lipinski definition) is 3. The summed E-state index contributed by atoms with van der Waals surface area (Å²) in [6.07, 6.45) is 0.867. The third-order valence-electron chi connectivity index (χ3n) is 7.81. The maximum Gasteiger partial charge on any atom is 0.261 e. The minimum Gasteiger partial charge on any atom is -0.420 e. The van der Waals surface area contributed by atoms with Crippen LogP contribution in [0, 0.1) is 35.5 Å². The lowest BCUT2D eigenvalue weighted by atomic mass is 9.61. The molecule has 0 bridgehead atoms. The predicted molar refractivity (Wildman–Crippen MR) is 155 cm³/mol. The Bertz CT molecular complexity index is 1570. The summed E-state index contributed by atoms with van der Waals surface area (Å²) in [5.74, 6) is 0.0517. The van der Waals surface area contributed by atoms with Crippen molar-refractivity contribution in [3.05, 3.63) is 69.0 Å². The molecular weight excluding hydrogens is 538 g/mol. The van der Waals surface area contributed by atoms with Gasteiger partial charge in [0, 0.05) is 30.2 Å². The first-order chi connectivity index (χ1) is 19.8. The number of amides is 1. The van der Waals surface area contributed by atoms with Crippen molar-refractivity contribution in [3.63, 3.8) is 0 Å². The largest absolute Gasteiger partial charge is 0.420 e. The van der Waals surface area contributed by atoms with Gasteiger partial charge in [0.2, 0.25) is 11.8 Å². The molecule has 3 aromatic rings. The normalized spacial score (nSPS) is 18.9. The van der Waals surface area contributed by atoms with Crippen molar-refractivity contribution in [2.24, 2.45) is 11.7 Å². The molecule has 1 atom stereocenters. The van der Waals surface area contributed by atoms with Gasteiger partial charge in [0.15, 0.2) is 0 Å². The third-order valence-corrected chi connectivity index (χ3v) is 8.94. The number of nitrogens with zero attached hydrogens (tertiary/aromatic N) is 4. The maximum atomic E-state index is 12.9. The van der Waals surface area contributed by atoms with Gasteiger partial charge >= 0.3 is 0 Å². The Morgan fingerprint density at radius 2 is 2.02 bits per heavy atom. The number of carbonyl (C=O) groups is 1. The minimum absolute atomic E-state index is 0.00666. The molecule has 0 saturated carbocycles. The molecule has 11 heteroatoms. The summed E-state index contributed by atoms with van der Waals surface area (Å²) in [7, 11) is 0. The van der Waals surface area contributed by atoms with Gasteiger partial charge in [-0.05, 0) is 67.3 Å². The Hall–Kier alpha value is -4.16. The third kappa shape index (κ3) is 5.20. The number of aromatic amines is 1. The van der Waals surface area contributed by atoms with Gasteiger partial charge in [-0.25, -0.2) is 0 Å². The summed E-state index contributed by atoms with van der Waals surface area (Å²) in [4.78, 5) is 16.7. The molecule has 1 aromatic carbocycles. The Labute approximate surface area is 243 Å². The molecule has 4 heterocycles. The molecule has 1 amide bonds. The second-order valence-corrected chi connectivity index (χ2v) is 11.7. The number of fused-ring (bicyclic) bond motifs is 1. The summed E-state index contributed by atoms with van der Waals surface area (Å²) in [5.41, 5.74) is 8.98. The summed E-state index contributed by atoms with van der Waals surface area (Å²) >= 11 is 1.37. The van der Waals surface area contributed by atoms with Crippen LogP contribution in [-0.2, 0) is 10.2 Å². The summed E-state index contributed by atoms with van der Waals surface area (Å²) in [6.45, 7) is 10.8. The van der Waals surface area contributed by atoms with Crippen LogP contribution in [0.5, 0.6) is 5.88 Å².